The second-order valence-corrected chi connectivity index (χ2v) is 4.05. The molecule has 1 aromatic rings. The summed E-state index contributed by atoms with van der Waals surface area (Å²) in [5, 5.41) is 11.0. The van der Waals surface area contributed by atoms with Gasteiger partial charge in [-0.2, -0.15) is 13.2 Å². The van der Waals surface area contributed by atoms with Crippen molar-refractivity contribution >= 4 is 17.7 Å². The normalized spacial score (nSPS) is 10.6. The Labute approximate surface area is 118 Å². The van der Waals surface area contributed by atoms with Crippen molar-refractivity contribution in [1.29, 1.82) is 0 Å². The number of carbonyl (C=O) groups is 2. The molecule has 0 unspecified atom stereocenters. The van der Waals surface area contributed by atoms with E-state index in [-0.39, 0.29) is 6.54 Å². The van der Waals surface area contributed by atoms with Gasteiger partial charge in [-0.25, -0.2) is 9.59 Å². The van der Waals surface area contributed by atoms with E-state index in [1.165, 1.54) is 7.05 Å². The topological polar surface area (TPSA) is 69.6 Å². The van der Waals surface area contributed by atoms with E-state index in [2.05, 4.69) is 11.2 Å². The molecule has 2 N–H and O–H groups in total. The molecule has 0 aliphatic rings. The van der Waals surface area contributed by atoms with Crippen LogP contribution < -0.4 is 5.32 Å². The van der Waals surface area contributed by atoms with E-state index in [1.54, 1.807) is 0 Å². The number of alkyl halides is 3. The number of anilines is 1. The van der Waals surface area contributed by atoms with Crippen LogP contribution in [0.25, 0.3) is 0 Å². The Morgan fingerprint density at radius 3 is 2.52 bits per heavy atom. The van der Waals surface area contributed by atoms with Crippen LogP contribution in [0.2, 0.25) is 0 Å². The van der Waals surface area contributed by atoms with Crippen LogP contribution in [0.1, 0.15) is 15.9 Å². The van der Waals surface area contributed by atoms with Gasteiger partial charge in [-0.15, -0.1) is 6.42 Å². The largest absolute Gasteiger partial charge is 0.478 e. The first-order valence-corrected chi connectivity index (χ1v) is 5.57. The van der Waals surface area contributed by atoms with Crippen LogP contribution in [-0.4, -0.2) is 35.6 Å². The molecule has 0 atom stereocenters. The van der Waals surface area contributed by atoms with Crippen molar-refractivity contribution in [3.05, 3.63) is 29.3 Å². The van der Waals surface area contributed by atoms with E-state index in [9.17, 15) is 22.8 Å². The van der Waals surface area contributed by atoms with Gasteiger partial charge in [0.05, 0.1) is 23.4 Å². The van der Waals surface area contributed by atoms with Crippen LogP contribution in [-0.2, 0) is 6.18 Å². The molecule has 0 saturated heterocycles. The first-order valence-electron chi connectivity index (χ1n) is 5.57. The molecule has 0 aromatic heterocycles. The molecule has 0 saturated carbocycles. The monoisotopic (exact) mass is 300 g/mol. The van der Waals surface area contributed by atoms with Gasteiger partial charge in [0.25, 0.3) is 0 Å². The summed E-state index contributed by atoms with van der Waals surface area (Å²) in [6, 6.07) is 1.16. The predicted molar refractivity (Wildman–Crippen MR) is 68.9 cm³/mol. The summed E-state index contributed by atoms with van der Waals surface area (Å²) < 4.78 is 37.9. The molecule has 0 aliphatic heterocycles. The number of aromatic carboxylic acids is 1. The fourth-order valence-corrected chi connectivity index (χ4v) is 1.43. The van der Waals surface area contributed by atoms with Gasteiger partial charge in [0.2, 0.25) is 0 Å². The van der Waals surface area contributed by atoms with Crippen molar-refractivity contribution < 1.29 is 27.9 Å². The van der Waals surface area contributed by atoms with E-state index < -0.39 is 35.0 Å². The van der Waals surface area contributed by atoms with E-state index >= 15 is 0 Å². The molecular weight excluding hydrogens is 289 g/mol. The summed E-state index contributed by atoms with van der Waals surface area (Å²) in [4.78, 5) is 23.7. The maximum absolute atomic E-state index is 12.6. The first-order chi connectivity index (χ1) is 9.66. The third-order valence-corrected chi connectivity index (χ3v) is 2.49. The number of carboxylic acids is 1. The van der Waals surface area contributed by atoms with E-state index in [1.807, 2.05) is 0 Å². The van der Waals surface area contributed by atoms with Crippen molar-refractivity contribution in [1.82, 2.24) is 4.90 Å². The average Bonchev–Trinajstić information content (AvgIpc) is 2.37. The van der Waals surface area contributed by atoms with Crippen molar-refractivity contribution in [3.63, 3.8) is 0 Å². The second-order valence-electron chi connectivity index (χ2n) is 4.05. The maximum Gasteiger partial charge on any atom is 0.416 e. The number of rotatable bonds is 3. The van der Waals surface area contributed by atoms with E-state index in [0.29, 0.717) is 12.1 Å². The summed E-state index contributed by atoms with van der Waals surface area (Å²) in [5.41, 5.74) is -1.97. The van der Waals surface area contributed by atoms with Crippen molar-refractivity contribution in [2.24, 2.45) is 0 Å². The Morgan fingerprint density at radius 2 is 2.05 bits per heavy atom. The zero-order chi connectivity index (χ0) is 16.2. The third-order valence-electron chi connectivity index (χ3n) is 2.49. The lowest BCUT2D eigenvalue weighted by Gasteiger charge is -2.17. The molecule has 5 nitrogen and oxygen atoms in total. The van der Waals surface area contributed by atoms with Crippen LogP contribution in [0.4, 0.5) is 23.7 Å². The van der Waals surface area contributed by atoms with Gasteiger partial charge in [-0.3, -0.25) is 0 Å². The van der Waals surface area contributed by atoms with E-state index in [0.717, 1.165) is 11.0 Å². The minimum atomic E-state index is -4.65. The number of hydrogen-bond acceptors (Lipinski definition) is 2. The molecule has 0 fully saturated rings. The number of nitrogens with zero attached hydrogens (tertiary/aromatic N) is 1. The van der Waals surface area contributed by atoms with Crippen LogP contribution in [0, 0.1) is 12.3 Å². The Morgan fingerprint density at radius 1 is 1.43 bits per heavy atom. The lowest BCUT2D eigenvalue weighted by atomic mass is 10.1. The minimum absolute atomic E-state index is 0.0762. The molecule has 1 rings (SSSR count). The lowest BCUT2D eigenvalue weighted by Crippen LogP contribution is -2.32. The highest BCUT2D eigenvalue weighted by molar-refractivity contribution is 6.00. The Balaban J connectivity index is 3.16. The summed E-state index contributed by atoms with van der Waals surface area (Å²) >= 11 is 0. The van der Waals surface area contributed by atoms with Crippen molar-refractivity contribution in [2.75, 3.05) is 18.9 Å². The number of benzene rings is 1. The minimum Gasteiger partial charge on any atom is -0.478 e. The quantitative estimate of drug-likeness (QED) is 0.843. The molecule has 0 heterocycles. The van der Waals surface area contributed by atoms with Gasteiger partial charge in [0, 0.05) is 7.05 Å². The number of carbonyl (C=O) groups excluding carboxylic acids is 1. The molecule has 2 amide bonds. The highest BCUT2D eigenvalue weighted by Crippen LogP contribution is 2.32. The molecule has 0 radical (unpaired) electrons. The fraction of sp³-hybridized carbons (Fsp3) is 0.231. The summed E-state index contributed by atoms with van der Waals surface area (Å²) in [7, 11) is 1.32. The molecule has 1 aromatic carbocycles. The predicted octanol–water partition coefficient (Wildman–Crippen LogP) is 2.50. The van der Waals surface area contributed by atoms with Crippen LogP contribution in [0.3, 0.4) is 0 Å². The molecule has 0 aliphatic carbocycles. The number of nitrogens with one attached hydrogen (secondary N) is 1. The zero-order valence-electron chi connectivity index (χ0n) is 10.9. The smallest absolute Gasteiger partial charge is 0.416 e. The molecule has 112 valence electrons. The van der Waals surface area contributed by atoms with Gasteiger partial charge in [-0.05, 0) is 18.2 Å². The SMILES string of the molecule is C#CCN(C)C(=O)Nc1cc(C(F)(F)F)ccc1C(=O)O. The number of halogens is 3. The molecule has 8 heteroatoms. The van der Waals surface area contributed by atoms with Gasteiger partial charge < -0.3 is 15.3 Å². The molecule has 0 bridgehead atoms. The van der Waals surface area contributed by atoms with Crippen LogP contribution >= 0.6 is 0 Å². The number of amides is 2. The Hall–Kier alpha value is -2.69. The molecular formula is C13H11F3N2O3. The van der Waals surface area contributed by atoms with Gasteiger partial charge >= 0.3 is 18.2 Å². The van der Waals surface area contributed by atoms with Crippen LogP contribution in [0.15, 0.2) is 18.2 Å². The highest BCUT2D eigenvalue weighted by Gasteiger charge is 2.31. The second kappa shape index (κ2) is 6.17. The summed E-state index contributed by atoms with van der Waals surface area (Å²) in [6.45, 7) is -0.0762. The highest BCUT2D eigenvalue weighted by atomic mass is 19.4. The lowest BCUT2D eigenvalue weighted by molar-refractivity contribution is -0.137. The molecule has 21 heavy (non-hydrogen) atoms. The molecule has 0 spiro atoms. The number of carboxylic acid groups (broad SMARTS) is 1. The van der Waals surface area contributed by atoms with Crippen molar-refractivity contribution in [2.45, 2.75) is 6.18 Å². The van der Waals surface area contributed by atoms with Gasteiger partial charge in [0.1, 0.15) is 0 Å². The van der Waals surface area contributed by atoms with Crippen molar-refractivity contribution in [3.8, 4) is 12.3 Å². The summed E-state index contributed by atoms with van der Waals surface area (Å²) in [5.74, 6) is 0.716. The van der Waals surface area contributed by atoms with Gasteiger partial charge in [-0.1, -0.05) is 5.92 Å². The number of hydrogen-bond donors (Lipinski definition) is 2. The van der Waals surface area contributed by atoms with E-state index in [4.69, 9.17) is 11.5 Å². The van der Waals surface area contributed by atoms with Gasteiger partial charge in [0.15, 0.2) is 0 Å². The van der Waals surface area contributed by atoms with Crippen LogP contribution in [0.5, 0.6) is 0 Å². The first kappa shape index (κ1) is 16.4. The maximum atomic E-state index is 12.6. The number of terminal acetylenes is 1. The zero-order valence-corrected chi connectivity index (χ0v) is 10.9. The Bertz CT molecular complexity index is 606. The fourth-order valence-electron chi connectivity index (χ4n) is 1.43. The Kier molecular flexibility index (Phi) is 4.81. The number of urea groups is 1. The summed E-state index contributed by atoms with van der Waals surface area (Å²) in [6.07, 6.45) is 0.354. The standard InChI is InChI=1S/C13H11F3N2O3/c1-3-6-18(2)12(21)17-10-7-8(13(14,15)16)4-5-9(10)11(19)20/h1,4-5,7H,6H2,2H3,(H,17,21)(H,19,20). The third kappa shape index (κ3) is 4.14. The average molecular weight is 300 g/mol.